The molecule has 1 aromatic heterocycles. The Morgan fingerprint density at radius 1 is 1.05 bits per heavy atom. The van der Waals surface area contributed by atoms with Crippen molar-refractivity contribution < 1.29 is 8.96 Å². The van der Waals surface area contributed by atoms with Gasteiger partial charge < -0.3 is 15.2 Å². The third-order valence-electron chi connectivity index (χ3n) is 8.03. The maximum absolute atomic E-state index is 13.9. The minimum Gasteiger partial charge on any atom is -0.338 e. The number of benzene rings is 2. The molecule has 6 nitrogen and oxygen atoms in total. The fraction of sp³-hybridized carbons (Fsp3) is 0.429. The second-order valence-electron chi connectivity index (χ2n) is 11.0. The van der Waals surface area contributed by atoms with Crippen molar-refractivity contribution in [2.45, 2.75) is 50.6 Å². The van der Waals surface area contributed by atoms with Crippen molar-refractivity contribution in [1.82, 2.24) is 14.9 Å². The van der Waals surface area contributed by atoms with Gasteiger partial charge in [0.25, 0.3) is 0 Å². The Hall–Kier alpha value is -2.47. The minimum atomic E-state index is -2.74. The van der Waals surface area contributed by atoms with E-state index in [1.807, 2.05) is 0 Å². The number of fused-ring (bicyclic) bond motifs is 2. The third-order valence-corrected chi connectivity index (χ3v) is 9.84. The number of halogens is 2. The number of anilines is 4. The molecule has 1 aliphatic heterocycles. The van der Waals surface area contributed by atoms with Crippen molar-refractivity contribution in [3.05, 3.63) is 64.6 Å². The lowest BCUT2D eigenvalue weighted by molar-refractivity contribution is 0.195. The summed E-state index contributed by atoms with van der Waals surface area (Å²) in [5.74, 6) is 1.30. The average molecular weight is 540 g/mol. The zero-order valence-corrected chi connectivity index (χ0v) is 22.8. The second kappa shape index (κ2) is 9.68. The van der Waals surface area contributed by atoms with E-state index in [9.17, 15) is 8.96 Å². The van der Waals surface area contributed by atoms with Gasteiger partial charge in [-0.2, -0.15) is 4.98 Å². The first-order valence-electron chi connectivity index (χ1n) is 13.0. The average Bonchev–Trinajstić information content (AvgIpc) is 3.57. The van der Waals surface area contributed by atoms with Crippen LogP contribution in [0.15, 0.2) is 42.6 Å². The molecule has 0 amide bonds. The first-order valence-corrected chi connectivity index (χ1v) is 16.0. The molecule has 0 spiro atoms. The molecule has 2 aromatic carbocycles. The number of aryl methyl sites for hydroxylation is 2. The van der Waals surface area contributed by atoms with E-state index in [0.29, 0.717) is 33.8 Å². The first-order chi connectivity index (χ1) is 17.7. The first kappa shape index (κ1) is 24.8. The molecule has 37 heavy (non-hydrogen) atoms. The van der Waals surface area contributed by atoms with Crippen LogP contribution in [0.5, 0.6) is 0 Å². The Morgan fingerprint density at radius 2 is 1.86 bits per heavy atom. The lowest BCUT2D eigenvalue weighted by Gasteiger charge is -2.28. The van der Waals surface area contributed by atoms with Crippen molar-refractivity contribution in [3.8, 4) is 0 Å². The van der Waals surface area contributed by atoms with Gasteiger partial charge in [-0.3, -0.25) is 4.90 Å². The zero-order valence-electron chi connectivity index (χ0n) is 21.2. The second-order valence-corrected chi connectivity index (χ2v) is 14.5. The number of nitrogens with one attached hydrogen (secondary N) is 2. The van der Waals surface area contributed by atoms with Gasteiger partial charge in [-0.25, -0.2) is 9.37 Å². The van der Waals surface area contributed by atoms with E-state index in [0.717, 1.165) is 30.5 Å². The highest BCUT2D eigenvalue weighted by atomic mass is 35.5. The van der Waals surface area contributed by atoms with Gasteiger partial charge in [-0.15, -0.1) is 0 Å². The highest BCUT2D eigenvalue weighted by Gasteiger charge is 2.48. The molecular weight excluding hydrogens is 508 g/mol. The summed E-state index contributed by atoms with van der Waals surface area (Å²) in [6.45, 7) is 4.49. The summed E-state index contributed by atoms with van der Waals surface area (Å²) in [5, 5.41) is 7.17. The lowest BCUT2D eigenvalue weighted by atomic mass is 10.0. The van der Waals surface area contributed by atoms with E-state index in [-0.39, 0.29) is 0 Å². The number of piperidine rings is 1. The molecule has 0 radical (unpaired) electrons. The zero-order chi connectivity index (χ0) is 25.7. The minimum absolute atomic E-state index is 0.315. The van der Waals surface area contributed by atoms with Crippen molar-refractivity contribution in [1.29, 1.82) is 0 Å². The molecule has 2 heterocycles. The fourth-order valence-electron chi connectivity index (χ4n) is 6.01. The number of rotatable bonds is 6. The van der Waals surface area contributed by atoms with Crippen LogP contribution in [0.3, 0.4) is 0 Å². The topological polar surface area (TPSA) is 70.2 Å². The van der Waals surface area contributed by atoms with Crippen LogP contribution in [-0.4, -0.2) is 46.8 Å². The summed E-state index contributed by atoms with van der Waals surface area (Å²) in [6, 6.07) is 12.3. The van der Waals surface area contributed by atoms with Crippen molar-refractivity contribution in [3.63, 3.8) is 0 Å². The summed E-state index contributed by atoms with van der Waals surface area (Å²) in [6.07, 6.45) is 8.98. The van der Waals surface area contributed by atoms with Crippen molar-refractivity contribution >= 4 is 47.2 Å². The van der Waals surface area contributed by atoms with Crippen LogP contribution in [0.1, 0.15) is 36.8 Å². The van der Waals surface area contributed by atoms with Crippen LogP contribution in [0.25, 0.3) is 0 Å². The van der Waals surface area contributed by atoms with Gasteiger partial charge in [0.15, 0.2) is 5.82 Å². The molecule has 2 fully saturated rings. The normalized spacial score (nSPS) is 23.2. The number of likely N-dealkylation sites (tertiary alicyclic amines) is 1. The molecule has 1 saturated carbocycles. The molecule has 2 N–H and O–H groups in total. The van der Waals surface area contributed by atoms with Gasteiger partial charge in [0, 0.05) is 23.1 Å². The molecule has 0 unspecified atom stereocenters. The Labute approximate surface area is 222 Å². The van der Waals surface area contributed by atoms with Crippen LogP contribution in [0, 0.1) is 11.7 Å². The van der Waals surface area contributed by atoms with Gasteiger partial charge in [-0.1, -0.05) is 17.7 Å². The molecule has 1 saturated heterocycles. The summed E-state index contributed by atoms with van der Waals surface area (Å²) >= 11 is 6.38. The van der Waals surface area contributed by atoms with E-state index in [2.05, 4.69) is 43.7 Å². The number of hydrogen-bond donors (Lipinski definition) is 2. The van der Waals surface area contributed by atoms with Gasteiger partial charge in [0.1, 0.15) is 18.0 Å². The highest BCUT2D eigenvalue weighted by Crippen LogP contribution is 2.46. The van der Waals surface area contributed by atoms with E-state index >= 15 is 0 Å². The van der Waals surface area contributed by atoms with Gasteiger partial charge in [0.2, 0.25) is 5.95 Å². The van der Waals surface area contributed by atoms with Crippen LogP contribution in [-0.2, 0) is 17.4 Å². The van der Waals surface area contributed by atoms with Crippen molar-refractivity contribution in [2.75, 3.05) is 30.5 Å². The largest absolute Gasteiger partial charge is 0.338 e. The number of nitrogens with zero attached hydrogens (tertiary/aromatic N) is 3. The Kier molecular flexibility index (Phi) is 6.50. The van der Waals surface area contributed by atoms with E-state index < -0.39 is 13.0 Å². The monoisotopic (exact) mass is 539 g/mol. The van der Waals surface area contributed by atoms with Crippen LogP contribution >= 0.6 is 18.7 Å². The number of aromatic nitrogens is 2. The quantitative estimate of drug-likeness (QED) is 0.281. The molecular formula is C28H32ClFN5OP. The van der Waals surface area contributed by atoms with Gasteiger partial charge in [-0.05, 0) is 106 Å². The predicted molar refractivity (Wildman–Crippen MR) is 149 cm³/mol. The van der Waals surface area contributed by atoms with Gasteiger partial charge in [0.05, 0.1) is 11.9 Å². The summed E-state index contributed by atoms with van der Waals surface area (Å²) in [4.78, 5) is 11.7. The SMILES string of the molecule is CP(C)(=O)c1cc(F)ccc1Nc1nc(Nc2ccc3c(c2)CC[C@H](N2CC[C@H]4C[C@H]42)CC3)ncc1Cl. The third kappa shape index (κ3) is 5.27. The standard InChI is InChI=1S/C28H32ClFN5OP/c1-37(2,36)26-15-20(30)6-10-24(26)33-27-23(29)16-31-28(34-27)32-21-7-3-17-4-8-22(9-5-18(17)13-21)35-12-11-19-14-25(19)35/h3,6-7,10,13,15-16,19,22,25H,4-5,8-9,11-12,14H2,1-2H3,(H2,31,32,33,34)/t19-,22+,25+/m0/s1. The summed E-state index contributed by atoms with van der Waals surface area (Å²) in [7, 11) is -2.74. The number of hydrogen-bond acceptors (Lipinski definition) is 6. The maximum Gasteiger partial charge on any atom is 0.229 e. The van der Waals surface area contributed by atoms with E-state index in [1.54, 1.807) is 19.4 Å². The lowest BCUT2D eigenvalue weighted by Crippen LogP contribution is -2.35. The molecule has 2 aliphatic carbocycles. The Morgan fingerprint density at radius 3 is 2.59 bits per heavy atom. The summed E-state index contributed by atoms with van der Waals surface area (Å²) < 4.78 is 26.6. The molecule has 9 heteroatoms. The van der Waals surface area contributed by atoms with Crippen molar-refractivity contribution in [2.24, 2.45) is 5.92 Å². The van der Waals surface area contributed by atoms with Crippen LogP contribution < -0.4 is 15.9 Å². The van der Waals surface area contributed by atoms with E-state index in [1.165, 1.54) is 61.7 Å². The molecule has 3 aromatic rings. The maximum atomic E-state index is 13.9. The molecule has 0 bridgehead atoms. The Bertz CT molecular complexity index is 1390. The highest BCUT2D eigenvalue weighted by molar-refractivity contribution is 7.70. The fourth-order valence-corrected chi connectivity index (χ4v) is 7.29. The molecule has 194 valence electrons. The predicted octanol–water partition coefficient (Wildman–Crippen LogP) is 6.35. The van der Waals surface area contributed by atoms with Crippen LogP contribution in [0.4, 0.5) is 27.5 Å². The van der Waals surface area contributed by atoms with E-state index in [4.69, 9.17) is 11.6 Å². The summed E-state index contributed by atoms with van der Waals surface area (Å²) in [5.41, 5.74) is 4.27. The molecule has 3 atom stereocenters. The molecule has 6 rings (SSSR count). The Balaban J connectivity index is 1.18. The van der Waals surface area contributed by atoms with Gasteiger partial charge >= 0.3 is 0 Å². The van der Waals surface area contributed by atoms with Crippen LogP contribution in [0.2, 0.25) is 5.02 Å². The molecule has 3 aliphatic rings. The smallest absolute Gasteiger partial charge is 0.229 e.